The van der Waals surface area contributed by atoms with Crippen LogP contribution in [0.5, 0.6) is 0 Å². The molecule has 1 unspecified atom stereocenters. The third kappa shape index (κ3) is 9.10. The van der Waals surface area contributed by atoms with E-state index in [1.807, 2.05) is 51.1 Å². The number of carbonyl (C=O) groups is 2. The number of carbonyl (C=O) groups excluding carboxylic acids is 2. The minimum absolute atomic E-state index is 0.00978. The third-order valence-electron chi connectivity index (χ3n) is 7.26. The van der Waals surface area contributed by atoms with Gasteiger partial charge in [0.2, 0.25) is 11.8 Å². The lowest BCUT2D eigenvalue weighted by Crippen LogP contribution is -2.53. The molecule has 1 atom stereocenters. The lowest BCUT2D eigenvalue weighted by atomic mass is 10.0. The highest BCUT2D eigenvalue weighted by atomic mass is 35.5. The van der Waals surface area contributed by atoms with E-state index in [4.69, 9.17) is 23.2 Å². The van der Waals surface area contributed by atoms with E-state index in [-0.39, 0.29) is 35.4 Å². The number of hydrogen-bond donors (Lipinski definition) is 1. The predicted octanol–water partition coefficient (Wildman–Crippen LogP) is 6.91. The molecule has 10 heteroatoms. The van der Waals surface area contributed by atoms with Crippen LogP contribution in [0.15, 0.2) is 108 Å². The van der Waals surface area contributed by atoms with E-state index >= 15 is 0 Å². The second-order valence-corrected chi connectivity index (χ2v) is 14.0. The largest absolute Gasteiger partial charge is 0.354 e. The molecule has 0 aliphatic heterocycles. The Kier molecular flexibility index (Phi) is 11.7. The zero-order valence-electron chi connectivity index (χ0n) is 25.5. The summed E-state index contributed by atoms with van der Waals surface area (Å²) < 4.78 is 29.2. The van der Waals surface area contributed by atoms with Crippen molar-refractivity contribution in [1.29, 1.82) is 0 Å². The van der Waals surface area contributed by atoms with E-state index in [1.165, 1.54) is 17.0 Å². The summed E-state index contributed by atoms with van der Waals surface area (Å²) in [7, 11) is -4.20. The number of halogens is 2. The van der Waals surface area contributed by atoms with Crippen molar-refractivity contribution in [2.24, 2.45) is 5.92 Å². The van der Waals surface area contributed by atoms with Crippen LogP contribution in [-0.4, -0.2) is 44.3 Å². The first kappa shape index (κ1) is 34.0. The van der Waals surface area contributed by atoms with Crippen molar-refractivity contribution in [1.82, 2.24) is 10.2 Å². The normalized spacial score (nSPS) is 12.0. The summed E-state index contributed by atoms with van der Waals surface area (Å²) in [5, 5.41) is 3.83. The lowest BCUT2D eigenvalue weighted by molar-refractivity contribution is -0.140. The third-order valence-corrected chi connectivity index (χ3v) is 9.67. The Bertz CT molecular complexity index is 1700. The number of sulfonamides is 1. The fourth-order valence-corrected chi connectivity index (χ4v) is 6.50. The molecule has 0 bridgehead atoms. The van der Waals surface area contributed by atoms with Crippen molar-refractivity contribution in [3.05, 3.63) is 130 Å². The molecular formula is C35H37Cl2N3O4S. The van der Waals surface area contributed by atoms with E-state index in [2.05, 4.69) is 5.32 Å². The smallest absolute Gasteiger partial charge is 0.264 e. The van der Waals surface area contributed by atoms with Crippen LogP contribution >= 0.6 is 23.2 Å². The van der Waals surface area contributed by atoms with Crippen LogP contribution < -0.4 is 9.62 Å². The Morgan fingerprint density at radius 3 is 2.07 bits per heavy atom. The lowest BCUT2D eigenvalue weighted by Gasteiger charge is -2.34. The van der Waals surface area contributed by atoms with Gasteiger partial charge in [0.15, 0.2) is 0 Å². The quantitative estimate of drug-likeness (QED) is 0.168. The zero-order valence-corrected chi connectivity index (χ0v) is 27.8. The molecule has 45 heavy (non-hydrogen) atoms. The van der Waals surface area contributed by atoms with Crippen LogP contribution in [-0.2, 0) is 32.6 Å². The van der Waals surface area contributed by atoms with Crippen LogP contribution in [0.2, 0.25) is 10.0 Å². The van der Waals surface area contributed by atoms with Gasteiger partial charge >= 0.3 is 0 Å². The fraction of sp³-hybridized carbons (Fsp3) is 0.257. The topological polar surface area (TPSA) is 86.8 Å². The molecule has 4 aromatic rings. The van der Waals surface area contributed by atoms with Gasteiger partial charge in [-0.05, 0) is 66.4 Å². The molecule has 2 amide bonds. The Morgan fingerprint density at radius 1 is 0.822 bits per heavy atom. The number of hydrogen-bond acceptors (Lipinski definition) is 4. The van der Waals surface area contributed by atoms with Crippen LogP contribution in [0.3, 0.4) is 0 Å². The molecule has 1 N–H and O–H groups in total. The van der Waals surface area contributed by atoms with Crippen molar-refractivity contribution in [2.45, 2.75) is 44.7 Å². The van der Waals surface area contributed by atoms with Crippen molar-refractivity contribution < 1.29 is 18.0 Å². The van der Waals surface area contributed by atoms with Gasteiger partial charge in [-0.3, -0.25) is 13.9 Å². The molecule has 0 saturated carbocycles. The monoisotopic (exact) mass is 665 g/mol. The molecule has 7 nitrogen and oxygen atoms in total. The first-order chi connectivity index (χ1) is 21.5. The maximum absolute atomic E-state index is 14.5. The van der Waals surface area contributed by atoms with Gasteiger partial charge in [0, 0.05) is 29.6 Å². The number of rotatable bonds is 13. The minimum Gasteiger partial charge on any atom is -0.354 e. The number of amides is 2. The van der Waals surface area contributed by atoms with Crippen LogP contribution in [0.1, 0.15) is 30.5 Å². The molecule has 236 valence electrons. The fourth-order valence-electron chi connectivity index (χ4n) is 4.76. The molecule has 0 saturated heterocycles. The highest BCUT2D eigenvalue weighted by molar-refractivity contribution is 7.92. The van der Waals surface area contributed by atoms with E-state index in [1.54, 1.807) is 60.7 Å². The number of aryl methyl sites for hydroxylation is 1. The van der Waals surface area contributed by atoms with Gasteiger partial charge in [-0.15, -0.1) is 0 Å². The molecular weight excluding hydrogens is 629 g/mol. The van der Waals surface area contributed by atoms with E-state index in [0.29, 0.717) is 22.2 Å². The first-order valence-electron chi connectivity index (χ1n) is 14.6. The Balaban J connectivity index is 1.80. The van der Waals surface area contributed by atoms with Gasteiger partial charge in [-0.2, -0.15) is 0 Å². The summed E-state index contributed by atoms with van der Waals surface area (Å²) in [5.41, 5.74) is 2.63. The van der Waals surface area contributed by atoms with Crippen molar-refractivity contribution in [3.63, 3.8) is 0 Å². The summed E-state index contributed by atoms with van der Waals surface area (Å²) in [6.07, 6.45) is 0.215. The SMILES string of the molecule is Cc1ccc(S(=O)(=O)N(CC(=O)N(Cc2ccccc2Cl)C(Cc2ccccc2)C(=O)NCC(C)C)c2ccc(Cl)cc2)cc1. The predicted molar refractivity (Wildman–Crippen MR) is 181 cm³/mol. The summed E-state index contributed by atoms with van der Waals surface area (Å²) in [4.78, 5) is 29.8. The summed E-state index contributed by atoms with van der Waals surface area (Å²) in [6, 6.07) is 28.2. The van der Waals surface area contributed by atoms with Crippen molar-refractivity contribution >= 4 is 50.7 Å². The van der Waals surface area contributed by atoms with Gasteiger partial charge in [0.1, 0.15) is 12.6 Å². The summed E-state index contributed by atoms with van der Waals surface area (Å²) >= 11 is 12.7. The van der Waals surface area contributed by atoms with Crippen LogP contribution in [0, 0.1) is 12.8 Å². The second kappa shape index (κ2) is 15.4. The maximum atomic E-state index is 14.5. The van der Waals surface area contributed by atoms with Crippen molar-refractivity contribution in [2.75, 3.05) is 17.4 Å². The average Bonchev–Trinajstić information content (AvgIpc) is 3.02. The van der Waals surface area contributed by atoms with Gasteiger partial charge < -0.3 is 10.2 Å². The number of benzene rings is 4. The molecule has 4 rings (SSSR count). The maximum Gasteiger partial charge on any atom is 0.264 e. The molecule has 4 aromatic carbocycles. The molecule has 0 radical (unpaired) electrons. The molecule has 0 fully saturated rings. The Morgan fingerprint density at radius 2 is 1.44 bits per heavy atom. The molecule has 0 aliphatic rings. The van der Waals surface area contributed by atoms with E-state index in [9.17, 15) is 18.0 Å². The Hall–Kier alpha value is -3.85. The minimum atomic E-state index is -4.20. The average molecular weight is 667 g/mol. The van der Waals surface area contributed by atoms with E-state index in [0.717, 1.165) is 15.4 Å². The number of anilines is 1. The van der Waals surface area contributed by atoms with Crippen LogP contribution in [0.25, 0.3) is 0 Å². The molecule has 0 aliphatic carbocycles. The molecule has 0 heterocycles. The molecule has 0 aromatic heterocycles. The summed E-state index contributed by atoms with van der Waals surface area (Å²) in [5.74, 6) is -0.729. The van der Waals surface area contributed by atoms with Gasteiger partial charge in [-0.1, -0.05) is 103 Å². The first-order valence-corrected chi connectivity index (χ1v) is 16.8. The number of nitrogens with zero attached hydrogens (tertiary/aromatic N) is 2. The van der Waals surface area contributed by atoms with Gasteiger partial charge in [0.25, 0.3) is 10.0 Å². The number of nitrogens with one attached hydrogen (secondary N) is 1. The second-order valence-electron chi connectivity index (χ2n) is 11.3. The summed E-state index contributed by atoms with van der Waals surface area (Å²) in [6.45, 7) is 5.67. The van der Waals surface area contributed by atoms with Crippen molar-refractivity contribution in [3.8, 4) is 0 Å². The zero-order chi connectivity index (χ0) is 32.6. The standard InChI is InChI=1S/C35H37Cl2N3O4S/c1-25(2)22-38-35(42)33(21-27-9-5-4-6-10-27)39(23-28-11-7-8-12-32(28)37)34(41)24-40(30-17-15-29(36)16-18-30)45(43,44)31-19-13-26(3)14-20-31/h4-20,25,33H,21-24H2,1-3H3,(H,38,42). The highest BCUT2D eigenvalue weighted by Gasteiger charge is 2.35. The van der Waals surface area contributed by atoms with Gasteiger partial charge in [-0.25, -0.2) is 8.42 Å². The molecule has 0 spiro atoms. The van der Waals surface area contributed by atoms with Gasteiger partial charge in [0.05, 0.1) is 10.6 Å². The van der Waals surface area contributed by atoms with E-state index < -0.39 is 28.5 Å². The van der Waals surface area contributed by atoms with Crippen LogP contribution in [0.4, 0.5) is 5.69 Å². The Labute approximate surface area is 275 Å². The highest BCUT2D eigenvalue weighted by Crippen LogP contribution is 2.27.